The number of aromatic carboxylic acids is 1. The zero-order valence-corrected chi connectivity index (χ0v) is 11.5. The minimum atomic E-state index is -1.16. The fourth-order valence-electron chi connectivity index (χ4n) is 1.65. The van der Waals surface area contributed by atoms with Gasteiger partial charge in [-0.25, -0.2) is 9.18 Å². The molecule has 6 heteroatoms. The van der Waals surface area contributed by atoms with Gasteiger partial charge in [-0.05, 0) is 30.3 Å². The van der Waals surface area contributed by atoms with Gasteiger partial charge in [-0.2, -0.15) is 0 Å². The molecule has 1 N–H and O–H groups in total. The van der Waals surface area contributed by atoms with Gasteiger partial charge in [0.05, 0.1) is 15.6 Å². The molecule has 0 aromatic heterocycles. The van der Waals surface area contributed by atoms with Crippen molar-refractivity contribution >= 4 is 40.8 Å². The van der Waals surface area contributed by atoms with E-state index in [1.807, 2.05) is 0 Å². The third-order valence-corrected chi connectivity index (χ3v) is 3.30. The maximum atomic E-state index is 13.8. The first-order valence-electron chi connectivity index (χ1n) is 5.08. The van der Waals surface area contributed by atoms with Gasteiger partial charge in [0.25, 0.3) is 0 Å². The van der Waals surface area contributed by atoms with Crippen molar-refractivity contribution in [1.29, 1.82) is 0 Å². The van der Waals surface area contributed by atoms with Crippen LogP contribution in [0.4, 0.5) is 4.39 Å². The quantitative estimate of drug-likeness (QED) is 0.831. The Hall–Kier alpha value is -1.29. The van der Waals surface area contributed by atoms with Gasteiger partial charge < -0.3 is 5.11 Å². The Bertz CT molecular complexity index is 648. The molecule has 0 aliphatic rings. The Kier molecular flexibility index (Phi) is 3.99. The maximum Gasteiger partial charge on any atom is 0.335 e. The summed E-state index contributed by atoms with van der Waals surface area (Å²) < 4.78 is 13.8. The molecule has 0 aliphatic carbocycles. The largest absolute Gasteiger partial charge is 0.478 e. The number of carboxylic acid groups (broad SMARTS) is 1. The first kappa shape index (κ1) is 14.1. The molecule has 0 bridgehead atoms. The van der Waals surface area contributed by atoms with E-state index >= 15 is 0 Å². The Morgan fingerprint density at radius 3 is 2.16 bits per heavy atom. The van der Waals surface area contributed by atoms with Crippen LogP contribution in [0.3, 0.4) is 0 Å². The summed E-state index contributed by atoms with van der Waals surface area (Å²) in [6.45, 7) is 0. The molecule has 19 heavy (non-hydrogen) atoms. The predicted octanol–water partition coefficient (Wildman–Crippen LogP) is 5.15. The van der Waals surface area contributed by atoms with E-state index in [4.69, 9.17) is 39.9 Å². The molecule has 0 unspecified atom stereocenters. The molecule has 0 radical (unpaired) electrons. The summed E-state index contributed by atoms with van der Waals surface area (Å²) in [5, 5.41) is 9.54. The van der Waals surface area contributed by atoms with Crippen LogP contribution in [0, 0.1) is 5.82 Å². The molecular formula is C13H6Cl3FO2. The molecule has 2 aromatic carbocycles. The first-order valence-corrected chi connectivity index (χ1v) is 6.21. The van der Waals surface area contributed by atoms with Crippen LogP contribution in [0.25, 0.3) is 11.1 Å². The van der Waals surface area contributed by atoms with Crippen LogP contribution in [0.15, 0.2) is 30.3 Å². The molecule has 0 saturated heterocycles. The van der Waals surface area contributed by atoms with E-state index in [1.54, 1.807) is 0 Å². The highest BCUT2D eigenvalue weighted by Crippen LogP contribution is 2.38. The Labute approximate surface area is 123 Å². The van der Waals surface area contributed by atoms with E-state index in [2.05, 4.69) is 0 Å². The van der Waals surface area contributed by atoms with Crippen LogP contribution in [-0.4, -0.2) is 11.1 Å². The summed E-state index contributed by atoms with van der Waals surface area (Å²) >= 11 is 17.8. The molecule has 0 saturated carbocycles. The summed E-state index contributed by atoms with van der Waals surface area (Å²) in [5.41, 5.74) is 0.179. The molecule has 2 aromatic rings. The zero-order chi connectivity index (χ0) is 14.2. The lowest BCUT2D eigenvalue weighted by atomic mass is 10.0. The first-order chi connectivity index (χ1) is 8.90. The Morgan fingerprint density at radius 1 is 1.05 bits per heavy atom. The number of carboxylic acids is 1. The molecule has 0 aliphatic heterocycles. The van der Waals surface area contributed by atoms with E-state index in [0.717, 1.165) is 6.07 Å². The minimum Gasteiger partial charge on any atom is -0.478 e. The Morgan fingerprint density at radius 2 is 1.63 bits per heavy atom. The predicted molar refractivity (Wildman–Crippen MR) is 73.8 cm³/mol. The minimum absolute atomic E-state index is 0.0200. The van der Waals surface area contributed by atoms with Crippen LogP contribution >= 0.6 is 34.8 Å². The van der Waals surface area contributed by atoms with Crippen molar-refractivity contribution < 1.29 is 14.3 Å². The number of benzene rings is 2. The lowest BCUT2D eigenvalue weighted by molar-refractivity contribution is 0.0697. The van der Waals surface area contributed by atoms with Crippen LogP contribution in [0.2, 0.25) is 15.1 Å². The summed E-state index contributed by atoms with van der Waals surface area (Å²) in [5.74, 6) is -1.78. The normalized spacial score (nSPS) is 10.5. The number of halogens is 4. The molecule has 0 amide bonds. The lowest BCUT2D eigenvalue weighted by Crippen LogP contribution is -1.98. The van der Waals surface area contributed by atoms with Gasteiger partial charge in [0.15, 0.2) is 0 Å². The second kappa shape index (κ2) is 5.37. The average molecular weight is 320 g/mol. The summed E-state index contributed by atoms with van der Waals surface area (Å²) in [4.78, 5) is 10.9. The molecule has 0 fully saturated rings. The van der Waals surface area contributed by atoms with Crippen LogP contribution < -0.4 is 0 Å². The van der Waals surface area contributed by atoms with Gasteiger partial charge >= 0.3 is 5.97 Å². The van der Waals surface area contributed by atoms with E-state index in [1.165, 1.54) is 24.3 Å². The van der Waals surface area contributed by atoms with E-state index < -0.39 is 11.8 Å². The van der Waals surface area contributed by atoms with Gasteiger partial charge in [-0.1, -0.05) is 34.8 Å². The molecule has 2 nitrogen and oxygen atoms in total. The van der Waals surface area contributed by atoms with Crippen LogP contribution in [0.1, 0.15) is 10.4 Å². The standard InChI is InChI=1S/C13H6Cl3FO2/c14-7-4-9(15)12(10(16)5-7)8-3-6(13(18)19)1-2-11(8)17/h1-5H,(H,18,19). The third-order valence-electron chi connectivity index (χ3n) is 2.49. The van der Waals surface area contributed by atoms with Crippen molar-refractivity contribution in [3.8, 4) is 11.1 Å². The smallest absolute Gasteiger partial charge is 0.335 e. The van der Waals surface area contributed by atoms with Crippen LogP contribution in [0.5, 0.6) is 0 Å². The highest BCUT2D eigenvalue weighted by molar-refractivity contribution is 6.41. The lowest BCUT2D eigenvalue weighted by Gasteiger charge is -2.10. The molecular weight excluding hydrogens is 313 g/mol. The van der Waals surface area contributed by atoms with Gasteiger partial charge in [-0.15, -0.1) is 0 Å². The second-order valence-corrected chi connectivity index (χ2v) is 5.00. The summed E-state index contributed by atoms with van der Waals surface area (Å²) in [6.07, 6.45) is 0. The van der Waals surface area contributed by atoms with Crippen molar-refractivity contribution in [2.24, 2.45) is 0 Å². The summed E-state index contributed by atoms with van der Waals surface area (Å²) in [6, 6.07) is 6.23. The van der Waals surface area contributed by atoms with Crippen molar-refractivity contribution in [2.45, 2.75) is 0 Å². The molecule has 2 rings (SSSR count). The number of carbonyl (C=O) groups is 1. The zero-order valence-electron chi connectivity index (χ0n) is 9.25. The Balaban J connectivity index is 2.71. The van der Waals surface area contributed by atoms with Gasteiger partial charge in [-0.3, -0.25) is 0 Å². The maximum absolute atomic E-state index is 13.8. The number of hydrogen-bond acceptors (Lipinski definition) is 1. The van der Waals surface area contributed by atoms with Crippen molar-refractivity contribution in [2.75, 3.05) is 0 Å². The molecule has 0 heterocycles. The molecule has 0 atom stereocenters. The molecule has 98 valence electrons. The van der Waals surface area contributed by atoms with Crippen molar-refractivity contribution in [3.63, 3.8) is 0 Å². The van der Waals surface area contributed by atoms with E-state index in [-0.39, 0.29) is 26.7 Å². The fourth-order valence-corrected chi connectivity index (χ4v) is 2.67. The highest BCUT2D eigenvalue weighted by atomic mass is 35.5. The number of rotatable bonds is 2. The van der Waals surface area contributed by atoms with Crippen molar-refractivity contribution in [3.05, 3.63) is 56.8 Å². The van der Waals surface area contributed by atoms with Gasteiger partial charge in [0, 0.05) is 16.1 Å². The average Bonchev–Trinajstić information content (AvgIpc) is 2.29. The monoisotopic (exact) mass is 318 g/mol. The number of hydrogen-bond donors (Lipinski definition) is 1. The SMILES string of the molecule is O=C(O)c1ccc(F)c(-c2c(Cl)cc(Cl)cc2Cl)c1. The third kappa shape index (κ3) is 2.84. The van der Waals surface area contributed by atoms with E-state index in [0.29, 0.717) is 5.02 Å². The van der Waals surface area contributed by atoms with Crippen molar-refractivity contribution in [1.82, 2.24) is 0 Å². The van der Waals surface area contributed by atoms with Gasteiger partial charge in [0.1, 0.15) is 5.82 Å². The summed E-state index contributed by atoms with van der Waals surface area (Å²) in [7, 11) is 0. The molecule has 0 spiro atoms. The van der Waals surface area contributed by atoms with Crippen LogP contribution in [-0.2, 0) is 0 Å². The fraction of sp³-hybridized carbons (Fsp3) is 0. The second-order valence-electron chi connectivity index (χ2n) is 3.74. The highest BCUT2D eigenvalue weighted by Gasteiger charge is 2.16. The van der Waals surface area contributed by atoms with E-state index in [9.17, 15) is 9.18 Å². The van der Waals surface area contributed by atoms with Gasteiger partial charge in [0.2, 0.25) is 0 Å². The topological polar surface area (TPSA) is 37.3 Å².